The van der Waals surface area contributed by atoms with Gasteiger partial charge >= 0.3 is 5.97 Å². The highest BCUT2D eigenvalue weighted by atomic mass is 32.2. The number of carboxylic acid groups (broad SMARTS) is 1. The van der Waals surface area contributed by atoms with E-state index in [1.54, 1.807) is 11.0 Å². The van der Waals surface area contributed by atoms with E-state index in [9.17, 15) is 33.2 Å². The van der Waals surface area contributed by atoms with Gasteiger partial charge in [-0.3, -0.25) is 14.9 Å². The summed E-state index contributed by atoms with van der Waals surface area (Å²) in [5.74, 6) is -1.83. The number of carbonyl (C=O) groups is 2. The third-order valence-corrected chi connectivity index (χ3v) is 6.21. The molecular formula is C22H23N3O7S. The average Bonchev–Trinajstić information content (AvgIpc) is 3.08. The number of carboxylic acids is 1. The first-order chi connectivity index (χ1) is 15.8. The molecule has 1 saturated heterocycles. The van der Waals surface area contributed by atoms with E-state index in [0.29, 0.717) is 13.1 Å². The average molecular weight is 474 g/mol. The van der Waals surface area contributed by atoms with Crippen molar-refractivity contribution in [1.29, 1.82) is 0 Å². The van der Waals surface area contributed by atoms with Crippen LogP contribution in [0.3, 0.4) is 0 Å². The first-order valence-electron chi connectivity index (χ1n) is 10.4. The molecule has 0 unspecified atom stereocenters. The van der Waals surface area contributed by atoms with Crippen LogP contribution >= 0.6 is 0 Å². The molecule has 33 heavy (non-hydrogen) atoms. The molecule has 1 aliphatic heterocycles. The molecule has 1 atom stereocenters. The topological polar surface area (TPSA) is 147 Å². The van der Waals surface area contributed by atoms with Crippen LogP contribution in [0.15, 0.2) is 48.5 Å². The number of amides is 1. The Balaban J connectivity index is 2.01. The van der Waals surface area contributed by atoms with Crippen LogP contribution in [0.4, 0.5) is 11.4 Å². The quantitative estimate of drug-likeness (QED) is 0.270. The Morgan fingerprint density at radius 1 is 0.970 bits per heavy atom. The van der Waals surface area contributed by atoms with Crippen LogP contribution in [-0.2, 0) is 15.1 Å². The van der Waals surface area contributed by atoms with Crippen molar-refractivity contribution in [2.75, 3.05) is 18.4 Å². The fraction of sp³-hybridized carbons (Fsp3) is 0.318. The zero-order valence-corrected chi connectivity index (χ0v) is 18.5. The van der Waals surface area contributed by atoms with Gasteiger partial charge in [-0.2, -0.15) is 8.42 Å². The predicted octanol–water partition coefficient (Wildman–Crippen LogP) is 2.58. The Bertz CT molecular complexity index is 1180. The number of likely N-dealkylation sites (tertiary alicyclic amines) is 1. The molecule has 1 aliphatic rings. The van der Waals surface area contributed by atoms with Gasteiger partial charge in [-0.1, -0.05) is 31.0 Å². The second-order valence-corrected chi connectivity index (χ2v) is 8.48. The molecule has 2 aromatic rings. The van der Waals surface area contributed by atoms with Gasteiger partial charge in [0.05, 0.1) is 4.92 Å². The number of nitrogens with one attached hydrogen (secondary N) is 1. The van der Waals surface area contributed by atoms with E-state index in [1.807, 2.05) is 0 Å². The molecule has 2 aromatic carbocycles. The van der Waals surface area contributed by atoms with Crippen molar-refractivity contribution >= 4 is 38.4 Å². The molecule has 2 N–H and O–H groups in total. The Morgan fingerprint density at radius 3 is 2.06 bits per heavy atom. The highest BCUT2D eigenvalue weighted by molar-refractivity contribution is 7.73. The lowest BCUT2D eigenvalue weighted by atomic mass is 9.98. The Hall–Kier alpha value is -3.73. The highest BCUT2D eigenvalue weighted by Crippen LogP contribution is 2.21. The van der Waals surface area contributed by atoms with E-state index >= 15 is 0 Å². The first-order valence-corrected chi connectivity index (χ1v) is 11.5. The number of carbonyl (C=O) groups excluding carboxylic acids is 1. The summed E-state index contributed by atoms with van der Waals surface area (Å²) in [5, 5.41) is 23.3. The maximum atomic E-state index is 13.2. The Labute approximate surface area is 191 Å². The molecule has 1 amide bonds. The molecule has 0 spiro atoms. The number of aliphatic carboxylic acids is 1. The number of benzene rings is 2. The number of non-ortho nitro benzene ring substituents is 1. The fourth-order valence-electron chi connectivity index (χ4n) is 3.76. The molecule has 0 aromatic heterocycles. The number of hydrogen-bond donors (Lipinski definition) is 2. The molecule has 10 nitrogen and oxygen atoms in total. The summed E-state index contributed by atoms with van der Waals surface area (Å²) in [6, 6.07) is 9.22. The van der Waals surface area contributed by atoms with Crippen LogP contribution < -0.4 is 5.32 Å². The van der Waals surface area contributed by atoms with Gasteiger partial charge < -0.3 is 15.3 Å². The summed E-state index contributed by atoms with van der Waals surface area (Å²) in [6.45, 7) is 1.10. The predicted molar refractivity (Wildman–Crippen MR) is 122 cm³/mol. The summed E-state index contributed by atoms with van der Waals surface area (Å²) in [5.41, 5.74) is 0.0851. The lowest BCUT2D eigenvalue weighted by molar-refractivity contribution is -0.384. The summed E-state index contributed by atoms with van der Waals surface area (Å²) in [4.78, 5) is 36.7. The van der Waals surface area contributed by atoms with Crippen molar-refractivity contribution in [3.05, 3.63) is 69.8 Å². The van der Waals surface area contributed by atoms with E-state index in [2.05, 4.69) is 5.32 Å². The maximum absolute atomic E-state index is 13.2. The third kappa shape index (κ3) is 5.75. The monoisotopic (exact) mass is 473 g/mol. The minimum absolute atomic E-state index is 0.00175. The van der Waals surface area contributed by atoms with Crippen LogP contribution in [0.1, 0.15) is 41.6 Å². The van der Waals surface area contributed by atoms with Gasteiger partial charge in [-0.05, 0) is 31.0 Å². The minimum Gasteiger partial charge on any atom is -0.479 e. The number of nitrogens with zero attached hydrogens (tertiary/aromatic N) is 2. The number of nitro benzene ring substituents is 1. The van der Waals surface area contributed by atoms with Crippen molar-refractivity contribution in [2.24, 2.45) is 0 Å². The number of nitro groups is 1. The minimum atomic E-state index is -2.98. The molecular weight excluding hydrogens is 450 g/mol. The summed E-state index contributed by atoms with van der Waals surface area (Å²) in [7, 11) is -2.98. The van der Waals surface area contributed by atoms with Gasteiger partial charge in [-0.15, -0.1) is 0 Å². The lowest BCUT2D eigenvalue weighted by Gasteiger charge is -2.23. The standard InChI is InChI=1S/C22H23N3O7S/c26-21(24-13-5-1-2-6-14-24)18-8-4-3-7-17(18)20(33(31)32)19(22(27)28)23-15-9-11-16(12-10-15)25(29)30/h3-4,7-12,19,23H,1-2,5-6,13-14H2,(H,27,28)/t19-/m1/s1. The van der Waals surface area contributed by atoms with E-state index in [0.717, 1.165) is 25.7 Å². The first kappa shape index (κ1) is 23.9. The normalized spacial score (nSPS) is 14.6. The van der Waals surface area contributed by atoms with Gasteiger partial charge in [0, 0.05) is 42.0 Å². The second kappa shape index (κ2) is 10.7. The molecule has 0 saturated carbocycles. The van der Waals surface area contributed by atoms with Gasteiger partial charge in [0.25, 0.3) is 11.6 Å². The molecule has 1 fully saturated rings. The van der Waals surface area contributed by atoms with Crippen LogP contribution in [-0.4, -0.2) is 59.2 Å². The number of hydrogen-bond acceptors (Lipinski definition) is 7. The molecule has 174 valence electrons. The molecule has 3 rings (SSSR count). The van der Waals surface area contributed by atoms with Crippen molar-refractivity contribution in [2.45, 2.75) is 31.7 Å². The largest absolute Gasteiger partial charge is 0.479 e. The zero-order valence-electron chi connectivity index (χ0n) is 17.6. The molecule has 0 aliphatic carbocycles. The summed E-state index contributed by atoms with van der Waals surface area (Å²) in [6.07, 6.45) is 3.70. The van der Waals surface area contributed by atoms with Gasteiger partial charge in [-0.25, -0.2) is 4.79 Å². The van der Waals surface area contributed by atoms with E-state index in [1.165, 1.54) is 42.5 Å². The van der Waals surface area contributed by atoms with Crippen LogP contribution in [0, 0.1) is 10.1 Å². The molecule has 1 heterocycles. The van der Waals surface area contributed by atoms with Crippen molar-refractivity contribution in [3.63, 3.8) is 0 Å². The van der Waals surface area contributed by atoms with E-state index < -0.39 is 32.1 Å². The Kier molecular flexibility index (Phi) is 7.78. The van der Waals surface area contributed by atoms with Crippen molar-refractivity contribution in [1.82, 2.24) is 4.90 Å². The van der Waals surface area contributed by atoms with Gasteiger partial charge in [0.15, 0.2) is 6.04 Å². The zero-order chi connectivity index (χ0) is 24.0. The van der Waals surface area contributed by atoms with Crippen LogP contribution in [0.2, 0.25) is 0 Å². The smallest absolute Gasteiger partial charge is 0.331 e. The lowest BCUT2D eigenvalue weighted by Crippen LogP contribution is -2.40. The third-order valence-electron chi connectivity index (χ3n) is 5.39. The van der Waals surface area contributed by atoms with Gasteiger partial charge in [0.2, 0.25) is 10.3 Å². The van der Waals surface area contributed by atoms with Gasteiger partial charge in [0.1, 0.15) is 4.86 Å². The van der Waals surface area contributed by atoms with Crippen LogP contribution in [0.25, 0.3) is 0 Å². The van der Waals surface area contributed by atoms with E-state index in [4.69, 9.17) is 0 Å². The molecule has 0 bridgehead atoms. The highest BCUT2D eigenvalue weighted by Gasteiger charge is 2.31. The fourth-order valence-corrected chi connectivity index (χ4v) is 4.47. The van der Waals surface area contributed by atoms with Crippen molar-refractivity contribution < 1.29 is 28.0 Å². The van der Waals surface area contributed by atoms with Crippen molar-refractivity contribution in [3.8, 4) is 0 Å². The molecule has 11 heteroatoms. The number of rotatable bonds is 7. The Morgan fingerprint density at radius 2 is 1.55 bits per heavy atom. The number of anilines is 1. The maximum Gasteiger partial charge on any atom is 0.331 e. The second-order valence-electron chi connectivity index (χ2n) is 7.57. The molecule has 0 radical (unpaired) electrons. The van der Waals surface area contributed by atoms with Crippen LogP contribution in [0.5, 0.6) is 0 Å². The summed E-state index contributed by atoms with van der Waals surface area (Å²) >= 11 is 0. The summed E-state index contributed by atoms with van der Waals surface area (Å²) < 4.78 is 24.5. The van der Waals surface area contributed by atoms with E-state index in [-0.39, 0.29) is 28.4 Å². The SMILES string of the molecule is O=C(O)[C@H](Nc1ccc([N+](=O)[O-])cc1)C(c1ccccc1C(=O)N1CCCCCC1)=S(=O)=O.